The summed E-state index contributed by atoms with van der Waals surface area (Å²) >= 11 is 0. The highest BCUT2D eigenvalue weighted by molar-refractivity contribution is 5.43. The largest absolute Gasteiger partial charge is 0.496 e. The minimum Gasteiger partial charge on any atom is -0.496 e. The van der Waals surface area contributed by atoms with Gasteiger partial charge in [-0.2, -0.15) is 0 Å². The molecule has 0 radical (unpaired) electrons. The van der Waals surface area contributed by atoms with Gasteiger partial charge >= 0.3 is 0 Å². The number of nitrogens with zero attached hydrogens (tertiary/aromatic N) is 3. The molecule has 0 saturated heterocycles. The summed E-state index contributed by atoms with van der Waals surface area (Å²) in [5, 5.41) is 9.31. The van der Waals surface area contributed by atoms with Gasteiger partial charge in [0, 0.05) is 30.4 Å². The zero-order chi connectivity index (χ0) is 15.1. The maximum absolute atomic E-state index is 9.31. The summed E-state index contributed by atoms with van der Waals surface area (Å²) in [4.78, 5) is 10.6. The molecule has 0 unspecified atom stereocenters. The third-order valence-electron chi connectivity index (χ3n) is 3.32. The van der Waals surface area contributed by atoms with Crippen molar-refractivity contribution in [3.8, 4) is 5.75 Å². The molecule has 0 aliphatic rings. The Hall–Kier alpha value is -2.14. The van der Waals surface area contributed by atoms with Gasteiger partial charge in [-0.25, -0.2) is 9.97 Å². The number of aliphatic hydroxyl groups is 1. The monoisotopic (exact) mass is 287 g/mol. The molecule has 1 heterocycles. The highest BCUT2D eigenvalue weighted by Gasteiger charge is 2.12. The van der Waals surface area contributed by atoms with Gasteiger partial charge in [-0.1, -0.05) is 25.1 Å². The molecule has 2 rings (SSSR count). The van der Waals surface area contributed by atoms with Crippen LogP contribution in [0, 0.1) is 0 Å². The Labute approximate surface area is 125 Å². The first-order valence-corrected chi connectivity index (χ1v) is 7.07. The Kier molecular flexibility index (Phi) is 5.51. The van der Waals surface area contributed by atoms with Crippen molar-refractivity contribution < 1.29 is 9.84 Å². The van der Waals surface area contributed by atoms with Crippen LogP contribution in [0.5, 0.6) is 5.75 Å². The molecule has 0 aliphatic carbocycles. The Bertz CT molecular complexity index is 575. The molecule has 1 aromatic heterocycles. The zero-order valence-corrected chi connectivity index (χ0v) is 12.5. The number of hydrogen-bond donors (Lipinski definition) is 1. The molecule has 0 bridgehead atoms. The topological polar surface area (TPSA) is 58.5 Å². The maximum Gasteiger partial charge on any atom is 0.132 e. The molecule has 1 aromatic carbocycles. The number of aryl methyl sites for hydroxylation is 1. The van der Waals surface area contributed by atoms with Gasteiger partial charge in [0.2, 0.25) is 0 Å². The number of ether oxygens (including phenoxy) is 1. The van der Waals surface area contributed by atoms with Crippen LogP contribution in [0.1, 0.15) is 18.2 Å². The molecule has 0 saturated carbocycles. The van der Waals surface area contributed by atoms with Crippen molar-refractivity contribution in [1.82, 2.24) is 9.97 Å². The summed E-state index contributed by atoms with van der Waals surface area (Å²) in [7, 11) is 1.66. The van der Waals surface area contributed by atoms with Crippen LogP contribution in [0.3, 0.4) is 0 Å². The van der Waals surface area contributed by atoms with Gasteiger partial charge in [0.15, 0.2) is 0 Å². The second kappa shape index (κ2) is 7.59. The standard InChI is InChI=1S/C16H21N3O2/c1-3-14-10-16(18-12-17-14)19(8-9-20)11-13-6-4-5-7-15(13)21-2/h4-7,10,12,20H,3,8-9,11H2,1-2H3. The zero-order valence-electron chi connectivity index (χ0n) is 12.5. The predicted molar refractivity (Wildman–Crippen MR) is 82.5 cm³/mol. The van der Waals surface area contributed by atoms with E-state index >= 15 is 0 Å². The number of hydrogen-bond acceptors (Lipinski definition) is 5. The first-order chi connectivity index (χ1) is 10.3. The quantitative estimate of drug-likeness (QED) is 0.844. The van der Waals surface area contributed by atoms with E-state index in [1.54, 1.807) is 13.4 Å². The van der Waals surface area contributed by atoms with Crippen molar-refractivity contribution in [3.05, 3.63) is 47.9 Å². The van der Waals surface area contributed by atoms with Crippen molar-refractivity contribution in [2.45, 2.75) is 19.9 Å². The minimum atomic E-state index is 0.0700. The average Bonchev–Trinajstić information content (AvgIpc) is 2.55. The first-order valence-electron chi connectivity index (χ1n) is 7.07. The fraction of sp³-hybridized carbons (Fsp3) is 0.375. The van der Waals surface area contributed by atoms with E-state index in [4.69, 9.17) is 4.74 Å². The van der Waals surface area contributed by atoms with Crippen LogP contribution < -0.4 is 9.64 Å². The van der Waals surface area contributed by atoms with Crippen molar-refractivity contribution in [2.75, 3.05) is 25.2 Å². The number of aromatic nitrogens is 2. The van der Waals surface area contributed by atoms with Crippen LogP contribution in [0.15, 0.2) is 36.7 Å². The lowest BCUT2D eigenvalue weighted by atomic mass is 10.2. The maximum atomic E-state index is 9.31. The molecule has 1 N–H and O–H groups in total. The molecule has 5 heteroatoms. The first kappa shape index (κ1) is 15.3. The van der Waals surface area contributed by atoms with E-state index in [-0.39, 0.29) is 6.61 Å². The predicted octanol–water partition coefficient (Wildman–Crippen LogP) is 2.05. The van der Waals surface area contributed by atoms with E-state index < -0.39 is 0 Å². The number of anilines is 1. The summed E-state index contributed by atoms with van der Waals surface area (Å²) in [5.41, 5.74) is 2.05. The number of aliphatic hydroxyl groups excluding tert-OH is 1. The lowest BCUT2D eigenvalue weighted by Crippen LogP contribution is -2.27. The van der Waals surface area contributed by atoms with Gasteiger partial charge in [0.05, 0.1) is 13.7 Å². The van der Waals surface area contributed by atoms with E-state index in [2.05, 4.69) is 16.9 Å². The molecule has 0 atom stereocenters. The smallest absolute Gasteiger partial charge is 0.132 e. The summed E-state index contributed by atoms with van der Waals surface area (Å²) in [5.74, 6) is 1.66. The summed E-state index contributed by atoms with van der Waals surface area (Å²) in [6, 6.07) is 9.84. The average molecular weight is 287 g/mol. The molecule has 112 valence electrons. The Balaban J connectivity index is 2.26. The molecule has 2 aromatic rings. The van der Waals surface area contributed by atoms with Crippen LogP contribution in [0.25, 0.3) is 0 Å². The molecule has 0 spiro atoms. The minimum absolute atomic E-state index is 0.0700. The van der Waals surface area contributed by atoms with Crippen molar-refractivity contribution >= 4 is 5.82 Å². The summed E-state index contributed by atoms with van der Waals surface area (Å²) < 4.78 is 5.38. The third-order valence-corrected chi connectivity index (χ3v) is 3.32. The van der Waals surface area contributed by atoms with Crippen LogP contribution >= 0.6 is 0 Å². The fourth-order valence-corrected chi connectivity index (χ4v) is 2.19. The van der Waals surface area contributed by atoms with Gasteiger partial charge in [0.25, 0.3) is 0 Å². The molecule has 0 fully saturated rings. The molecular weight excluding hydrogens is 266 g/mol. The van der Waals surface area contributed by atoms with Gasteiger partial charge in [0.1, 0.15) is 17.9 Å². The highest BCUT2D eigenvalue weighted by Crippen LogP contribution is 2.22. The lowest BCUT2D eigenvalue weighted by Gasteiger charge is -2.24. The number of para-hydroxylation sites is 1. The van der Waals surface area contributed by atoms with Gasteiger partial charge < -0.3 is 14.7 Å². The van der Waals surface area contributed by atoms with Crippen molar-refractivity contribution in [3.63, 3.8) is 0 Å². The Morgan fingerprint density at radius 3 is 2.76 bits per heavy atom. The summed E-state index contributed by atoms with van der Waals surface area (Å²) in [6.07, 6.45) is 2.43. The van der Waals surface area contributed by atoms with Crippen molar-refractivity contribution in [2.24, 2.45) is 0 Å². The number of rotatable bonds is 7. The van der Waals surface area contributed by atoms with E-state index in [1.165, 1.54) is 0 Å². The molecule has 0 amide bonds. The normalized spacial score (nSPS) is 10.4. The summed E-state index contributed by atoms with van der Waals surface area (Å²) in [6.45, 7) is 3.27. The van der Waals surface area contributed by atoms with Crippen LogP contribution in [0.2, 0.25) is 0 Å². The Morgan fingerprint density at radius 2 is 2.05 bits per heavy atom. The van der Waals surface area contributed by atoms with Gasteiger partial charge in [-0.3, -0.25) is 0 Å². The van der Waals surface area contributed by atoms with Gasteiger partial charge in [-0.05, 0) is 12.5 Å². The highest BCUT2D eigenvalue weighted by atomic mass is 16.5. The fourth-order valence-electron chi connectivity index (χ4n) is 2.19. The number of methoxy groups -OCH3 is 1. The van der Waals surface area contributed by atoms with Gasteiger partial charge in [-0.15, -0.1) is 0 Å². The van der Waals surface area contributed by atoms with Crippen LogP contribution in [0.4, 0.5) is 5.82 Å². The van der Waals surface area contributed by atoms with E-state index in [1.807, 2.05) is 35.2 Å². The molecular formula is C16H21N3O2. The molecule has 5 nitrogen and oxygen atoms in total. The lowest BCUT2D eigenvalue weighted by molar-refractivity contribution is 0.301. The van der Waals surface area contributed by atoms with Crippen LogP contribution in [-0.4, -0.2) is 35.3 Å². The van der Waals surface area contributed by atoms with E-state index in [0.717, 1.165) is 29.2 Å². The van der Waals surface area contributed by atoms with Crippen LogP contribution in [-0.2, 0) is 13.0 Å². The Morgan fingerprint density at radius 1 is 1.24 bits per heavy atom. The third kappa shape index (κ3) is 3.92. The molecule has 21 heavy (non-hydrogen) atoms. The molecule has 0 aliphatic heterocycles. The second-order valence-electron chi connectivity index (χ2n) is 4.68. The number of benzene rings is 1. The van der Waals surface area contributed by atoms with E-state index in [9.17, 15) is 5.11 Å². The van der Waals surface area contributed by atoms with Crippen molar-refractivity contribution in [1.29, 1.82) is 0 Å². The second-order valence-corrected chi connectivity index (χ2v) is 4.68. The van der Waals surface area contributed by atoms with E-state index in [0.29, 0.717) is 13.1 Å². The SMILES string of the molecule is CCc1cc(N(CCO)Cc2ccccc2OC)ncn1.